The molecule has 1 amide bonds. The minimum absolute atomic E-state index is 0.0677. The Morgan fingerprint density at radius 1 is 0.969 bits per heavy atom. The third-order valence-electron chi connectivity index (χ3n) is 4.54. The van der Waals surface area contributed by atoms with Crippen LogP contribution in [0, 0.1) is 10.1 Å². The molecular formula is C24H16N2O6. The molecule has 8 heteroatoms. The van der Waals surface area contributed by atoms with Crippen molar-refractivity contribution in [2.45, 2.75) is 0 Å². The summed E-state index contributed by atoms with van der Waals surface area (Å²) >= 11 is 0. The van der Waals surface area contributed by atoms with Gasteiger partial charge in [0, 0.05) is 17.3 Å². The van der Waals surface area contributed by atoms with Gasteiger partial charge in [0.2, 0.25) is 0 Å². The first-order chi connectivity index (χ1) is 15.5. The third-order valence-corrected chi connectivity index (χ3v) is 4.54. The van der Waals surface area contributed by atoms with E-state index >= 15 is 0 Å². The summed E-state index contributed by atoms with van der Waals surface area (Å²) in [6, 6.07) is 19.1. The predicted octanol–water partition coefficient (Wildman–Crippen LogP) is 5.60. The van der Waals surface area contributed by atoms with Crippen LogP contribution in [0.15, 0.2) is 94.0 Å². The molecule has 2 heterocycles. The van der Waals surface area contributed by atoms with Crippen molar-refractivity contribution < 1.29 is 23.3 Å². The Morgan fingerprint density at radius 2 is 1.81 bits per heavy atom. The number of hydrogen-bond acceptors (Lipinski definition) is 6. The number of nitro groups is 1. The number of carbonyl (C=O) groups is 2. The highest BCUT2D eigenvalue weighted by Gasteiger charge is 2.17. The summed E-state index contributed by atoms with van der Waals surface area (Å²) in [6.07, 6.45) is 4.21. The Kier molecular flexibility index (Phi) is 5.76. The number of amides is 1. The largest absolute Gasteiger partial charge is 0.459 e. The molecule has 0 radical (unpaired) electrons. The van der Waals surface area contributed by atoms with E-state index in [2.05, 4.69) is 5.32 Å². The second-order valence-corrected chi connectivity index (χ2v) is 6.69. The van der Waals surface area contributed by atoms with Gasteiger partial charge in [-0.2, -0.15) is 0 Å². The van der Waals surface area contributed by atoms with Crippen molar-refractivity contribution in [3.63, 3.8) is 0 Å². The Bertz CT molecular complexity index is 1320. The van der Waals surface area contributed by atoms with E-state index in [1.54, 1.807) is 60.7 Å². The summed E-state index contributed by atoms with van der Waals surface area (Å²) in [5.74, 6) is 0.130. The SMILES string of the molecule is O=C(/C=C/c1ccc(-c2ccccc2[N+](=O)[O-])o1)c1cccc(NC(=O)c2ccco2)c1. The lowest BCUT2D eigenvalue weighted by molar-refractivity contribution is -0.384. The van der Waals surface area contributed by atoms with Crippen molar-refractivity contribution in [1.82, 2.24) is 0 Å². The summed E-state index contributed by atoms with van der Waals surface area (Å²) in [5.41, 5.74) is 1.09. The van der Waals surface area contributed by atoms with E-state index in [9.17, 15) is 19.7 Å². The number of anilines is 1. The average molecular weight is 428 g/mol. The second kappa shape index (κ2) is 8.97. The standard InChI is InChI=1S/C24H16N2O6/c27-21(16-5-3-6-17(15-16)25-24(28)23-9-4-14-31-23)12-10-18-11-13-22(32-18)19-7-1-2-8-20(19)26(29)30/h1-15H,(H,25,28)/b12-10+. The molecule has 0 spiro atoms. The van der Waals surface area contributed by atoms with Gasteiger partial charge in [0.25, 0.3) is 11.6 Å². The third kappa shape index (κ3) is 4.54. The molecule has 0 aliphatic rings. The number of carbonyl (C=O) groups excluding carboxylic acids is 2. The lowest BCUT2D eigenvalue weighted by atomic mass is 10.1. The zero-order valence-corrected chi connectivity index (χ0v) is 16.6. The van der Waals surface area contributed by atoms with Gasteiger partial charge in [0.05, 0.1) is 16.7 Å². The molecule has 0 saturated carbocycles. The molecule has 0 fully saturated rings. The van der Waals surface area contributed by atoms with Gasteiger partial charge in [0.15, 0.2) is 11.5 Å². The highest BCUT2D eigenvalue weighted by Crippen LogP contribution is 2.31. The zero-order valence-electron chi connectivity index (χ0n) is 16.6. The van der Waals surface area contributed by atoms with Crippen molar-refractivity contribution in [3.8, 4) is 11.3 Å². The average Bonchev–Trinajstić information content (AvgIpc) is 3.50. The molecule has 158 valence electrons. The Balaban J connectivity index is 1.48. The quantitative estimate of drug-likeness (QED) is 0.177. The van der Waals surface area contributed by atoms with Gasteiger partial charge in [-0.25, -0.2) is 0 Å². The van der Waals surface area contributed by atoms with Gasteiger partial charge in [-0.1, -0.05) is 24.3 Å². The van der Waals surface area contributed by atoms with Crippen LogP contribution in [0.5, 0.6) is 0 Å². The molecule has 8 nitrogen and oxygen atoms in total. The van der Waals surface area contributed by atoms with E-state index < -0.39 is 10.8 Å². The number of ketones is 1. The fourth-order valence-corrected chi connectivity index (χ4v) is 3.03. The van der Waals surface area contributed by atoms with E-state index in [4.69, 9.17) is 8.83 Å². The molecule has 2 aromatic heterocycles. The minimum atomic E-state index is -0.478. The summed E-state index contributed by atoms with van der Waals surface area (Å²) in [7, 11) is 0. The van der Waals surface area contributed by atoms with Gasteiger partial charge in [-0.05, 0) is 54.6 Å². The predicted molar refractivity (Wildman–Crippen MR) is 117 cm³/mol. The first-order valence-electron chi connectivity index (χ1n) is 9.52. The number of nitrogens with one attached hydrogen (secondary N) is 1. The number of allylic oxidation sites excluding steroid dienone is 1. The summed E-state index contributed by atoms with van der Waals surface area (Å²) in [6.45, 7) is 0. The van der Waals surface area contributed by atoms with Crippen LogP contribution in [0.1, 0.15) is 26.7 Å². The first kappa shape index (κ1) is 20.5. The molecule has 4 aromatic rings. The summed E-state index contributed by atoms with van der Waals surface area (Å²) in [5, 5.41) is 13.9. The lowest BCUT2D eigenvalue weighted by Crippen LogP contribution is -2.11. The molecule has 1 N–H and O–H groups in total. The number of nitrogens with zero attached hydrogens (tertiary/aromatic N) is 1. The van der Waals surface area contributed by atoms with Gasteiger partial charge in [-0.15, -0.1) is 0 Å². The molecule has 0 aliphatic heterocycles. The number of hydrogen-bond donors (Lipinski definition) is 1. The number of rotatable bonds is 7. The van der Waals surface area contributed by atoms with E-state index in [1.165, 1.54) is 30.5 Å². The maximum absolute atomic E-state index is 12.6. The highest BCUT2D eigenvalue weighted by molar-refractivity contribution is 6.08. The number of furan rings is 2. The smallest absolute Gasteiger partial charge is 0.291 e. The number of benzene rings is 2. The molecular weight excluding hydrogens is 412 g/mol. The van der Waals surface area contributed by atoms with E-state index in [0.29, 0.717) is 28.3 Å². The van der Waals surface area contributed by atoms with E-state index in [1.807, 2.05) is 0 Å². The van der Waals surface area contributed by atoms with Crippen LogP contribution in [0.4, 0.5) is 11.4 Å². The molecule has 32 heavy (non-hydrogen) atoms. The van der Waals surface area contributed by atoms with E-state index in [0.717, 1.165) is 0 Å². The highest BCUT2D eigenvalue weighted by atomic mass is 16.6. The molecule has 2 aromatic carbocycles. The van der Waals surface area contributed by atoms with Crippen LogP contribution in [0.25, 0.3) is 17.4 Å². The van der Waals surface area contributed by atoms with Crippen LogP contribution in [-0.2, 0) is 0 Å². The maximum atomic E-state index is 12.6. The van der Waals surface area contributed by atoms with Crippen molar-refractivity contribution in [3.05, 3.63) is 112 Å². The lowest BCUT2D eigenvalue weighted by Gasteiger charge is -2.04. The van der Waals surface area contributed by atoms with Crippen LogP contribution in [0.2, 0.25) is 0 Å². The monoisotopic (exact) mass is 428 g/mol. The van der Waals surface area contributed by atoms with Crippen molar-refractivity contribution in [2.24, 2.45) is 0 Å². The molecule has 4 rings (SSSR count). The molecule has 0 atom stereocenters. The second-order valence-electron chi connectivity index (χ2n) is 6.69. The van der Waals surface area contributed by atoms with Crippen molar-refractivity contribution >= 4 is 29.1 Å². The fraction of sp³-hybridized carbons (Fsp3) is 0. The molecule has 0 saturated heterocycles. The normalized spacial score (nSPS) is 10.9. The van der Waals surface area contributed by atoms with Crippen molar-refractivity contribution in [2.75, 3.05) is 5.32 Å². The van der Waals surface area contributed by atoms with Crippen LogP contribution in [-0.4, -0.2) is 16.6 Å². The van der Waals surface area contributed by atoms with Crippen LogP contribution in [0.3, 0.4) is 0 Å². The van der Waals surface area contributed by atoms with Crippen molar-refractivity contribution in [1.29, 1.82) is 0 Å². The summed E-state index contributed by atoms with van der Waals surface area (Å²) < 4.78 is 10.7. The minimum Gasteiger partial charge on any atom is -0.459 e. The Labute approximate surface area is 181 Å². The number of para-hydroxylation sites is 1. The topological polar surface area (TPSA) is 116 Å². The Hall–Kier alpha value is -4.72. The summed E-state index contributed by atoms with van der Waals surface area (Å²) in [4.78, 5) is 35.4. The van der Waals surface area contributed by atoms with E-state index in [-0.39, 0.29) is 17.2 Å². The number of nitro benzene ring substituents is 1. The molecule has 0 bridgehead atoms. The van der Waals surface area contributed by atoms with Gasteiger partial charge in [-0.3, -0.25) is 19.7 Å². The molecule has 0 aliphatic carbocycles. The van der Waals surface area contributed by atoms with Gasteiger partial charge in [0.1, 0.15) is 11.5 Å². The van der Waals surface area contributed by atoms with Gasteiger partial charge < -0.3 is 14.2 Å². The maximum Gasteiger partial charge on any atom is 0.291 e. The first-order valence-corrected chi connectivity index (χ1v) is 9.52. The van der Waals surface area contributed by atoms with Gasteiger partial charge >= 0.3 is 0 Å². The Morgan fingerprint density at radius 3 is 2.59 bits per heavy atom. The molecule has 0 unspecified atom stereocenters. The zero-order chi connectivity index (χ0) is 22.5. The van der Waals surface area contributed by atoms with Crippen LogP contribution < -0.4 is 5.32 Å². The van der Waals surface area contributed by atoms with Crippen LogP contribution >= 0.6 is 0 Å². The fourth-order valence-electron chi connectivity index (χ4n) is 3.03.